The summed E-state index contributed by atoms with van der Waals surface area (Å²) in [5.41, 5.74) is 28.6. The molecule has 0 saturated carbocycles. The fraction of sp³-hybridized carbons (Fsp3) is 0.0536. The lowest BCUT2D eigenvalue weighted by molar-refractivity contribution is 0.475. The molecule has 0 saturated heterocycles. The van der Waals surface area contributed by atoms with Crippen LogP contribution < -0.4 is 19.4 Å². The molecule has 0 bridgehead atoms. The van der Waals surface area contributed by atoms with Crippen LogP contribution in [0.3, 0.4) is 0 Å². The van der Waals surface area contributed by atoms with Crippen molar-refractivity contribution < 1.29 is 4.74 Å². The summed E-state index contributed by atoms with van der Waals surface area (Å²) in [6.45, 7) is 6.56. The highest BCUT2D eigenvalue weighted by atomic mass is 32.2. The smallest absolute Gasteiger partial charge is 0.151 e. The van der Waals surface area contributed by atoms with Gasteiger partial charge >= 0.3 is 0 Å². The predicted molar refractivity (Wildman–Crippen MR) is 506 cm³/mol. The van der Waals surface area contributed by atoms with E-state index in [2.05, 4.69) is 427 Å². The second-order valence-electron chi connectivity index (χ2n) is 31.3. The SMILES string of the molecule is Cc1ccc2c(-c3ccc(-c4ccccc4)cc3)c3ccccc3c(-c3ccc4c(c3)N(C)c3ccccc3O4)c2c1.Cc1ccc2c(-c3ccc4ccccc4c3)c3ccccc3c(-c3ccc4c(c3)N(C)c3ccccc3S4)c2c1.Cc1ccc2c(-c3ccccc3)c3ccccc3c(-c3ccc4c(c3)N(C)c3ccccc3S4)c2c1. The van der Waals surface area contributed by atoms with E-state index in [0.29, 0.717) is 0 Å². The summed E-state index contributed by atoms with van der Waals surface area (Å²) in [6, 6.07) is 139. The lowest BCUT2D eigenvalue weighted by atomic mass is 9.85. The number of aryl methyl sites for hydroxylation is 3. The molecule has 0 spiro atoms. The molecule has 118 heavy (non-hydrogen) atoms. The van der Waals surface area contributed by atoms with E-state index in [4.69, 9.17) is 4.74 Å². The maximum Gasteiger partial charge on any atom is 0.151 e. The Labute approximate surface area is 697 Å². The molecule has 20 aromatic rings. The Kier molecular flexibility index (Phi) is 18.1. The van der Waals surface area contributed by atoms with Crippen LogP contribution in [-0.2, 0) is 0 Å². The molecule has 23 rings (SSSR count). The molecule has 4 nitrogen and oxygen atoms in total. The highest BCUT2D eigenvalue weighted by Crippen LogP contribution is 2.55. The van der Waals surface area contributed by atoms with Gasteiger partial charge in [0.1, 0.15) is 0 Å². The van der Waals surface area contributed by atoms with Crippen LogP contribution in [0.5, 0.6) is 11.5 Å². The van der Waals surface area contributed by atoms with Crippen LogP contribution >= 0.6 is 23.5 Å². The third-order valence-electron chi connectivity index (χ3n) is 24.1. The van der Waals surface area contributed by atoms with Gasteiger partial charge in [-0.2, -0.15) is 0 Å². The highest BCUT2D eigenvalue weighted by molar-refractivity contribution is 8.00. The van der Waals surface area contributed by atoms with E-state index in [1.165, 1.54) is 212 Å². The van der Waals surface area contributed by atoms with Gasteiger partial charge in [-0.3, -0.25) is 0 Å². The summed E-state index contributed by atoms with van der Waals surface area (Å²) in [4.78, 5) is 12.1. The molecule has 3 heterocycles. The van der Waals surface area contributed by atoms with Crippen molar-refractivity contribution in [1.82, 2.24) is 0 Å². The lowest BCUT2D eigenvalue weighted by Gasteiger charge is -2.30. The molecular weight excluding hydrogens is 1470 g/mol. The van der Waals surface area contributed by atoms with Crippen LogP contribution in [0.1, 0.15) is 16.7 Å². The molecule has 3 aliphatic rings. The van der Waals surface area contributed by atoms with Gasteiger partial charge in [-0.15, -0.1) is 0 Å². The van der Waals surface area contributed by atoms with E-state index in [9.17, 15) is 0 Å². The summed E-state index contributed by atoms with van der Waals surface area (Å²) in [5, 5.41) is 17.9. The van der Waals surface area contributed by atoms with Crippen molar-refractivity contribution in [3.05, 3.63) is 399 Å². The third kappa shape index (κ3) is 12.6. The number of para-hydroxylation sites is 4. The predicted octanol–water partition coefficient (Wildman–Crippen LogP) is 32.1. The minimum Gasteiger partial charge on any atom is -0.453 e. The first-order valence-corrected chi connectivity index (χ1v) is 42.1. The molecule has 20 aromatic carbocycles. The molecule has 0 radical (unpaired) electrons. The van der Waals surface area contributed by atoms with Gasteiger partial charge in [-0.05, 0) is 253 Å². The Morgan fingerprint density at radius 2 is 0.483 bits per heavy atom. The number of nitrogens with zero attached hydrogens (tertiary/aromatic N) is 3. The second kappa shape index (κ2) is 29.8. The van der Waals surface area contributed by atoms with E-state index < -0.39 is 0 Å². The molecular formula is C112H81N3OS2. The molecule has 0 aliphatic carbocycles. The number of ether oxygens (including phenoxy) is 1. The average molecular weight is 1550 g/mol. The maximum atomic E-state index is 6.31. The van der Waals surface area contributed by atoms with Crippen LogP contribution in [0, 0.1) is 20.8 Å². The zero-order valence-corrected chi connectivity index (χ0v) is 68.1. The van der Waals surface area contributed by atoms with E-state index in [0.717, 1.165) is 22.9 Å². The summed E-state index contributed by atoms with van der Waals surface area (Å²) < 4.78 is 6.31. The zero-order chi connectivity index (χ0) is 79.2. The summed E-state index contributed by atoms with van der Waals surface area (Å²) in [6.07, 6.45) is 0. The normalized spacial score (nSPS) is 12.4. The van der Waals surface area contributed by atoms with Crippen LogP contribution in [0.25, 0.3) is 153 Å². The number of hydrogen-bond donors (Lipinski definition) is 0. The third-order valence-corrected chi connectivity index (χ3v) is 26.3. The maximum absolute atomic E-state index is 6.31. The lowest BCUT2D eigenvalue weighted by Crippen LogP contribution is -2.15. The molecule has 0 unspecified atom stereocenters. The van der Waals surface area contributed by atoms with Crippen molar-refractivity contribution in [3.8, 4) is 89.4 Å². The minimum atomic E-state index is 0.875. The van der Waals surface area contributed by atoms with Gasteiger partial charge in [-0.1, -0.05) is 344 Å². The van der Waals surface area contributed by atoms with Crippen molar-refractivity contribution in [2.24, 2.45) is 0 Å². The minimum absolute atomic E-state index is 0.875. The standard InChI is InChI=1S/C40H29NO.C38H27NS.C34H25NS/c1-26-16-22-33-34(24-26)40(30-21-23-38-36(25-30)41(2)35-14-8-9-15-37(35)42-38)32-13-7-6-12-31(32)39(33)29-19-17-28(18-20-29)27-10-4-3-5-11-27;1-24-15-19-31-32(21-24)38(28-18-20-36-34(23-28)39(2)33-13-7-8-14-35(33)40-36)30-12-6-5-11-29(30)37(31)27-17-16-25-9-3-4-10-26(25)22-27;1-22-16-18-27-28(20-22)34(26-13-7-6-12-25(26)33(27)23-10-4-3-5-11-23)24-17-19-32-30(21-24)35(2)29-14-8-9-15-31(29)36-32/h3-25H,1-2H3;3-23H,1-2H3;3-21H,1-2H3. The van der Waals surface area contributed by atoms with Crippen LogP contribution in [0.15, 0.2) is 402 Å². The number of fused-ring (bicyclic) bond motifs is 13. The largest absolute Gasteiger partial charge is 0.453 e. The monoisotopic (exact) mass is 1550 g/mol. The van der Waals surface area contributed by atoms with Gasteiger partial charge in [0.2, 0.25) is 0 Å². The van der Waals surface area contributed by atoms with Crippen molar-refractivity contribution in [3.63, 3.8) is 0 Å². The second-order valence-corrected chi connectivity index (χ2v) is 33.5. The van der Waals surface area contributed by atoms with Gasteiger partial charge in [0.05, 0.1) is 34.1 Å². The Bertz CT molecular complexity index is 7440. The average Bonchev–Trinajstić information content (AvgIpc) is 0.737. The first-order valence-electron chi connectivity index (χ1n) is 40.5. The van der Waals surface area contributed by atoms with Crippen molar-refractivity contribution in [1.29, 1.82) is 0 Å². The number of hydrogen-bond acceptors (Lipinski definition) is 6. The Balaban J connectivity index is 0.000000110. The van der Waals surface area contributed by atoms with E-state index in [-0.39, 0.29) is 0 Å². The molecule has 0 amide bonds. The molecule has 0 N–H and O–H groups in total. The van der Waals surface area contributed by atoms with Crippen LogP contribution in [0.2, 0.25) is 0 Å². The fourth-order valence-electron chi connectivity index (χ4n) is 18.4. The summed E-state index contributed by atoms with van der Waals surface area (Å²) in [5.74, 6) is 1.76. The number of benzene rings is 20. The zero-order valence-electron chi connectivity index (χ0n) is 66.4. The van der Waals surface area contributed by atoms with Gasteiger partial charge in [0.25, 0.3) is 0 Å². The Morgan fingerprint density at radius 1 is 0.186 bits per heavy atom. The molecule has 562 valence electrons. The molecule has 0 atom stereocenters. The van der Waals surface area contributed by atoms with E-state index >= 15 is 0 Å². The summed E-state index contributed by atoms with van der Waals surface area (Å²) >= 11 is 3.72. The van der Waals surface area contributed by atoms with Crippen LogP contribution in [-0.4, -0.2) is 21.1 Å². The van der Waals surface area contributed by atoms with Crippen molar-refractivity contribution in [2.75, 3.05) is 35.8 Å². The number of rotatable bonds is 7. The first-order chi connectivity index (χ1) is 58.0. The fourth-order valence-corrected chi connectivity index (χ4v) is 20.7. The number of anilines is 6. The van der Waals surface area contributed by atoms with Crippen molar-refractivity contribution in [2.45, 2.75) is 40.4 Å². The van der Waals surface area contributed by atoms with Gasteiger partial charge in [0, 0.05) is 40.7 Å². The van der Waals surface area contributed by atoms with Crippen molar-refractivity contribution >= 4 is 133 Å². The molecule has 0 fully saturated rings. The van der Waals surface area contributed by atoms with Gasteiger partial charge < -0.3 is 19.4 Å². The highest BCUT2D eigenvalue weighted by Gasteiger charge is 2.29. The topological polar surface area (TPSA) is 19.0 Å². The molecule has 3 aliphatic heterocycles. The van der Waals surface area contributed by atoms with Gasteiger partial charge in [-0.25, -0.2) is 0 Å². The van der Waals surface area contributed by atoms with E-state index in [1.54, 1.807) is 0 Å². The quantitative estimate of drug-likeness (QED) is 0.147. The molecule has 0 aromatic heterocycles. The first kappa shape index (κ1) is 71.9. The Morgan fingerprint density at radius 3 is 0.966 bits per heavy atom. The Hall–Kier alpha value is -13.9. The molecule has 6 heteroatoms. The van der Waals surface area contributed by atoms with E-state index in [1.807, 2.05) is 35.7 Å². The summed E-state index contributed by atoms with van der Waals surface area (Å²) in [7, 11) is 6.48. The van der Waals surface area contributed by atoms with Gasteiger partial charge in [0.15, 0.2) is 11.5 Å². The van der Waals surface area contributed by atoms with Crippen LogP contribution in [0.4, 0.5) is 34.1 Å².